The summed E-state index contributed by atoms with van der Waals surface area (Å²) >= 11 is 11.8. The summed E-state index contributed by atoms with van der Waals surface area (Å²) in [4.78, 5) is 12.0. The molecular formula is C16H14Cl2N2O. The number of hydrogen-bond donors (Lipinski definition) is 2. The molecule has 1 aliphatic carbocycles. The normalized spacial score (nSPS) is 12.9. The third kappa shape index (κ3) is 3.31. The molecule has 0 fully saturated rings. The molecule has 3 rings (SSSR count). The zero-order chi connectivity index (χ0) is 14.8. The average molecular weight is 321 g/mol. The van der Waals surface area contributed by atoms with E-state index in [1.807, 2.05) is 12.1 Å². The summed E-state index contributed by atoms with van der Waals surface area (Å²) in [7, 11) is 0. The van der Waals surface area contributed by atoms with Gasteiger partial charge < -0.3 is 10.6 Å². The first-order valence-corrected chi connectivity index (χ1v) is 7.52. The van der Waals surface area contributed by atoms with Gasteiger partial charge in [0.05, 0.1) is 10.0 Å². The summed E-state index contributed by atoms with van der Waals surface area (Å²) in [5.41, 5.74) is 4.10. The fourth-order valence-corrected chi connectivity index (χ4v) is 2.81. The second-order valence-corrected chi connectivity index (χ2v) is 5.86. The number of fused-ring (bicyclic) bond motifs is 1. The highest BCUT2D eigenvalue weighted by Crippen LogP contribution is 2.26. The second kappa shape index (κ2) is 5.96. The molecule has 0 saturated carbocycles. The molecule has 0 saturated heterocycles. The van der Waals surface area contributed by atoms with Crippen LogP contribution in [0, 0.1) is 0 Å². The lowest BCUT2D eigenvalue weighted by Gasteiger charge is -2.09. The largest absolute Gasteiger partial charge is 0.323 e. The van der Waals surface area contributed by atoms with E-state index in [2.05, 4.69) is 16.7 Å². The molecule has 5 heteroatoms. The quantitative estimate of drug-likeness (QED) is 0.791. The summed E-state index contributed by atoms with van der Waals surface area (Å²) in [6.07, 6.45) is 3.40. The highest BCUT2D eigenvalue weighted by atomic mass is 35.5. The molecule has 1 aliphatic rings. The number of urea groups is 1. The zero-order valence-corrected chi connectivity index (χ0v) is 12.8. The van der Waals surface area contributed by atoms with Gasteiger partial charge in [0.15, 0.2) is 0 Å². The number of rotatable bonds is 2. The van der Waals surface area contributed by atoms with Gasteiger partial charge in [-0.2, -0.15) is 0 Å². The maximum Gasteiger partial charge on any atom is 0.323 e. The molecule has 0 atom stereocenters. The number of amides is 2. The first-order valence-electron chi connectivity index (χ1n) is 6.77. The number of anilines is 2. The van der Waals surface area contributed by atoms with E-state index in [-0.39, 0.29) is 6.03 Å². The summed E-state index contributed by atoms with van der Waals surface area (Å²) in [5, 5.41) is 6.43. The summed E-state index contributed by atoms with van der Waals surface area (Å²) in [5.74, 6) is 0. The zero-order valence-electron chi connectivity index (χ0n) is 11.2. The predicted octanol–water partition coefficient (Wildman–Crippen LogP) is 5.13. The van der Waals surface area contributed by atoms with Gasteiger partial charge in [-0.25, -0.2) is 4.79 Å². The average Bonchev–Trinajstić information content (AvgIpc) is 2.90. The van der Waals surface area contributed by atoms with Crippen LogP contribution in [0.2, 0.25) is 10.0 Å². The van der Waals surface area contributed by atoms with Crippen LogP contribution < -0.4 is 10.6 Å². The van der Waals surface area contributed by atoms with E-state index in [0.717, 1.165) is 18.5 Å². The van der Waals surface area contributed by atoms with Gasteiger partial charge >= 0.3 is 6.03 Å². The van der Waals surface area contributed by atoms with Crippen LogP contribution in [0.5, 0.6) is 0 Å². The Labute approximate surface area is 133 Å². The van der Waals surface area contributed by atoms with E-state index < -0.39 is 0 Å². The predicted molar refractivity (Wildman–Crippen MR) is 87.6 cm³/mol. The summed E-state index contributed by atoms with van der Waals surface area (Å²) < 4.78 is 0. The monoisotopic (exact) mass is 320 g/mol. The maximum absolute atomic E-state index is 12.0. The number of hydrogen-bond acceptors (Lipinski definition) is 1. The lowest BCUT2D eigenvalue weighted by Crippen LogP contribution is -2.19. The SMILES string of the molecule is O=C(Nc1ccc(Cl)c(Cl)c1)Nc1ccc2c(c1)CCC2. The number of aryl methyl sites for hydroxylation is 2. The van der Waals surface area contributed by atoms with Crippen molar-refractivity contribution in [3.63, 3.8) is 0 Å². The van der Waals surface area contributed by atoms with E-state index in [9.17, 15) is 4.79 Å². The third-order valence-electron chi connectivity index (χ3n) is 3.53. The van der Waals surface area contributed by atoms with Crippen LogP contribution in [0.1, 0.15) is 17.5 Å². The van der Waals surface area contributed by atoms with Gasteiger partial charge in [-0.3, -0.25) is 0 Å². The first-order chi connectivity index (χ1) is 10.1. The van der Waals surface area contributed by atoms with Crippen molar-refractivity contribution < 1.29 is 4.79 Å². The number of halogens is 2. The van der Waals surface area contributed by atoms with E-state index in [4.69, 9.17) is 23.2 Å². The molecule has 0 unspecified atom stereocenters. The van der Waals surface area contributed by atoms with Crippen LogP contribution in [-0.2, 0) is 12.8 Å². The van der Waals surface area contributed by atoms with E-state index in [1.54, 1.807) is 18.2 Å². The molecular weight excluding hydrogens is 307 g/mol. The Kier molecular flexibility index (Phi) is 4.04. The van der Waals surface area contributed by atoms with Crippen molar-refractivity contribution in [3.8, 4) is 0 Å². The molecule has 21 heavy (non-hydrogen) atoms. The molecule has 108 valence electrons. The Morgan fingerprint density at radius 1 is 0.857 bits per heavy atom. The van der Waals surface area contributed by atoms with Gasteiger partial charge in [-0.05, 0) is 60.7 Å². The van der Waals surface area contributed by atoms with Crippen LogP contribution >= 0.6 is 23.2 Å². The van der Waals surface area contributed by atoms with Gasteiger partial charge in [0.2, 0.25) is 0 Å². The Bertz CT molecular complexity index is 701. The van der Waals surface area contributed by atoms with Gasteiger partial charge in [-0.1, -0.05) is 29.3 Å². The van der Waals surface area contributed by atoms with Crippen LogP contribution in [0.15, 0.2) is 36.4 Å². The molecule has 0 spiro atoms. The van der Waals surface area contributed by atoms with Gasteiger partial charge in [0, 0.05) is 11.4 Å². The molecule has 2 N–H and O–H groups in total. The molecule has 2 aromatic carbocycles. The number of carbonyl (C=O) groups is 1. The summed E-state index contributed by atoms with van der Waals surface area (Å²) in [6, 6.07) is 10.7. The fourth-order valence-electron chi connectivity index (χ4n) is 2.52. The first kappa shape index (κ1) is 14.2. The highest BCUT2D eigenvalue weighted by molar-refractivity contribution is 6.42. The Morgan fingerprint density at radius 2 is 1.52 bits per heavy atom. The van der Waals surface area contributed by atoms with Crippen molar-refractivity contribution in [3.05, 3.63) is 57.6 Å². The van der Waals surface area contributed by atoms with Crippen LogP contribution in [-0.4, -0.2) is 6.03 Å². The van der Waals surface area contributed by atoms with E-state index in [0.29, 0.717) is 15.7 Å². The molecule has 0 bridgehead atoms. The van der Waals surface area contributed by atoms with Gasteiger partial charge in [0.1, 0.15) is 0 Å². The van der Waals surface area contributed by atoms with Crippen LogP contribution in [0.3, 0.4) is 0 Å². The van der Waals surface area contributed by atoms with E-state index in [1.165, 1.54) is 17.5 Å². The fraction of sp³-hybridized carbons (Fsp3) is 0.188. The molecule has 3 nitrogen and oxygen atoms in total. The third-order valence-corrected chi connectivity index (χ3v) is 4.27. The van der Waals surface area contributed by atoms with Crippen molar-refractivity contribution in [1.82, 2.24) is 0 Å². The Hall–Kier alpha value is -1.71. The minimum Gasteiger partial charge on any atom is -0.308 e. The molecule has 2 amide bonds. The molecule has 2 aromatic rings. The highest BCUT2D eigenvalue weighted by Gasteiger charge is 2.12. The smallest absolute Gasteiger partial charge is 0.308 e. The second-order valence-electron chi connectivity index (χ2n) is 5.05. The molecule has 0 radical (unpaired) electrons. The standard InChI is InChI=1S/C16H14Cl2N2O/c17-14-7-6-13(9-15(14)18)20-16(21)19-12-5-4-10-2-1-3-11(10)8-12/h4-9H,1-3H2,(H2,19,20,21). The molecule has 0 heterocycles. The van der Waals surface area contributed by atoms with Crippen LogP contribution in [0.25, 0.3) is 0 Å². The van der Waals surface area contributed by atoms with Crippen molar-refractivity contribution >= 4 is 40.6 Å². The van der Waals surface area contributed by atoms with Crippen LogP contribution in [0.4, 0.5) is 16.2 Å². The van der Waals surface area contributed by atoms with Gasteiger partial charge in [0.25, 0.3) is 0 Å². The van der Waals surface area contributed by atoms with Crippen molar-refractivity contribution in [1.29, 1.82) is 0 Å². The topological polar surface area (TPSA) is 41.1 Å². The Balaban J connectivity index is 1.67. The number of carbonyl (C=O) groups excluding carboxylic acids is 1. The molecule has 0 aliphatic heterocycles. The summed E-state index contributed by atoms with van der Waals surface area (Å²) in [6.45, 7) is 0. The van der Waals surface area contributed by atoms with Crippen molar-refractivity contribution in [2.24, 2.45) is 0 Å². The lowest BCUT2D eigenvalue weighted by atomic mass is 10.1. The van der Waals surface area contributed by atoms with Crippen molar-refractivity contribution in [2.75, 3.05) is 10.6 Å². The van der Waals surface area contributed by atoms with Crippen molar-refractivity contribution in [2.45, 2.75) is 19.3 Å². The lowest BCUT2D eigenvalue weighted by molar-refractivity contribution is 0.262. The minimum absolute atomic E-state index is 0.300. The molecule has 0 aromatic heterocycles. The number of nitrogens with one attached hydrogen (secondary N) is 2. The minimum atomic E-state index is -0.300. The van der Waals surface area contributed by atoms with Gasteiger partial charge in [-0.15, -0.1) is 0 Å². The maximum atomic E-state index is 12.0. The Morgan fingerprint density at radius 3 is 2.29 bits per heavy atom. The van der Waals surface area contributed by atoms with E-state index >= 15 is 0 Å². The number of benzene rings is 2.